The number of amides is 2. The number of halogens is 1. The number of benzene rings is 2. The van der Waals surface area contributed by atoms with E-state index in [0.29, 0.717) is 16.5 Å². The lowest BCUT2D eigenvalue weighted by Crippen LogP contribution is -2.43. The molecule has 2 amide bonds. The van der Waals surface area contributed by atoms with Crippen LogP contribution in [0.1, 0.15) is 10.4 Å². The van der Waals surface area contributed by atoms with Crippen LogP contribution in [0.15, 0.2) is 42.5 Å². The monoisotopic (exact) mass is 408 g/mol. The summed E-state index contributed by atoms with van der Waals surface area (Å²) in [6, 6.07) is 11.4. The van der Waals surface area contributed by atoms with E-state index >= 15 is 0 Å². The fourth-order valence-electron chi connectivity index (χ4n) is 1.99. The van der Waals surface area contributed by atoms with Crippen molar-refractivity contribution in [2.24, 2.45) is 5.73 Å². The molecule has 27 heavy (non-hydrogen) atoms. The number of methoxy groups -OCH3 is 1. The number of ether oxygens (including phenoxy) is 2. The summed E-state index contributed by atoms with van der Waals surface area (Å²) >= 11 is 11.0. The molecule has 0 unspecified atom stereocenters. The molecule has 0 radical (unpaired) electrons. The van der Waals surface area contributed by atoms with Crippen LogP contribution in [0.4, 0.5) is 5.69 Å². The Labute approximate surface area is 165 Å². The lowest BCUT2D eigenvalue weighted by atomic mass is 10.2. The maximum atomic E-state index is 12.2. The molecule has 0 heterocycles. The van der Waals surface area contributed by atoms with Crippen molar-refractivity contribution in [3.8, 4) is 11.5 Å². The highest BCUT2D eigenvalue weighted by Gasteiger charge is 2.12. The number of carbonyl (C=O) groups excluding carboxylic acids is 2. The maximum absolute atomic E-state index is 12.2. The summed E-state index contributed by atoms with van der Waals surface area (Å²) in [7, 11) is 1.41. The van der Waals surface area contributed by atoms with Crippen molar-refractivity contribution in [2.75, 3.05) is 19.0 Å². The largest absolute Gasteiger partial charge is 0.493 e. The van der Waals surface area contributed by atoms with Gasteiger partial charge in [0.2, 0.25) is 0 Å². The second-order valence-electron chi connectivity index (χ2n) is 5.16. The predicted octanol–water partition coefficient (Wildman–Crippen LogP) is 1.84. The molecular weight excluding hydrogens is 392 g/mol. The third-order valence-electron chi connectivity index (χ3n) is 3.17. The molecule has 2 aromatic carbocycles. The van der Waals surface area contributed by atoms with E-state index in [1.54, 1.807) is 24.3 Å². The Morgan fingerprint density at radius 1 is 1.15 bits per heavy atom. The van der Waals surface area contributed by atoms with Crippen molar-refractivity contribution < 1.29 is 19.1 Å². The molecule has 0 bridgehead atoms. The first-order valence-corrected chi connectivity index (χ1v) is 8.39. The molecule has 0 aliphatic heterocycles. The Hall–Kier alpha value is -3.04. The van der Waals surface area contributed by atoms with E-state index in [9.17, 15) is 9.59 Å². The Kier molecular flexibility index (Phi) is 7.21. The highest BCUT2D eigenvalue weighted by Crippen LogP contribution is 2.27. The van der Waals surface area contributed by atoms with Gasteiger partial charge in [-0.15, -0.1) is 0 Å². The van der Waals surface area contributed by atoms with Crippen LogP contribution < -0.4 is 31.4 Å². The van der Waals surface area contributed by atoms with Crippen LogP contribution in [0.3, 0.4) is 0 Å². The van der Waals surface area contributed by atoms with Crippen LogP contribution in [-0.2, 0) is 4.79 Å². The average Bonchev–Trinajstić information content (AvgIpc) is 2.64. The molecule has 142 valence electrons. The van der Waals surface area contributed by atoms with Crippen molar-refractivity contribution >= 4 is 46.4 Å². The molecule has 8 nitrogen and oxygen atoms in total. The number of hydrazine groups is 1. The van der Waals surface area contributed by atoms with Crippen LogP contribution >= 0.6 is 23.8 Å². The number of primary amides is 1. The van der Waals surface area contributed by atoms with Crippen molar-refractivity contribution in [1.82, 2.24) is 10.9 Å². The van der Waals surface area contributed by atoms with Gasteiger partial charge < -0.3 is 20.5 Å². The van der Waals surface area contributed by atoms with E-state index in [1.165, 1.54) is 25.3 Å². The molecule has 0 saturated carbocycles. The van der Waals surface area contributed by atoms with E-state index in [-0.39, 0.29) is 23.0 Å². The van der Waals surface area contributed by atoms with Gasteiger partial charge in [-0.05, 0) is 48.6 Å². The molecule has 10 heteroatoms. The van der Waals surface area contributed by atoms with Crippen LogP contribution in [0.5, 0.6) is 11.5 Å². The van der Waals surface area contributed by atoms with Crippen LogP contribution in [-0.4, -0.2) is 30.6 Å². The van der Waals surface area contributed by atoms with Gasteiger partial charge in [0, 0.05) is 16.3 Å². The van der Waals surface area contributed by atoms with E-state index < -0.39 is 11.8 Å². The van der Waals surface area contributed by atoms with Crippen molar-refractivity contribution in [1.29, 1.82) is 0 Å². The predicted molar refractivity (Wildman–Crippen MR) is 106 cm³/mol. The molecule has 0 aromatic heterocycles. The summed E-state index contributed by atoms with van der Waals surface area (Å²) in [6.45, 7) is -0.299. The minimum atomic E-state index is -0.621. The van der Waals surface area contributed by atoms with Crippen molar-refractivity contribution in [3.63, 3.8) is 0 Å². The first-order chi connectivity index (χ1) is 12.9. The number of rotatable bonds is 6. The Balaban J connectivity index is 1.94. The first-order valence-electron chi connectivity index (χ1n) is 7.61. The minimum Gasteiger partial charge on any atom is -0.493 e. The number of thiocarbonyl (C=S) groups is 1. The maximum Gasteiger partial charge on any atom is 0.269 e. The van der Waals surface area contributed by atoms with Crippen LogP contribution in [0.2, 0.25) is 5.02 Å². The van der Waals surface area contributed by atoms with Crippen LogP contribution in [0.25, 0.3) is 0 Å². The molecule has 0 aliphatic carbocycles. The molecular formula is C17H17ClN4O4S. The van der Waals surface area contributed by atoms with E-state index in [4.69, 9.17) is 39.0 Å². The second-order valence-corrected chi connectivity index (χ2v) is 6.01. The van der Waals surface area contributed by atoms with E-state index in [1.807, 2.05) is 0 Å². The van der Waals surface area contributed by atoms with Gasteiger partial charge >= 0.3 is 0 Å². The van der Waals surface area contributed by atoms with Gasteiger partial charge in [-0.3, -0.25) is 20.4 Å². The number of nitrogens with two attached hydrogens (primary N) is 1. The molecule has 0 saturated heterocycles. The van der Waals surface area contributed by atoms with Gasteiger partial charge in [-0.1, -0.05) is 17.7 Å². The SMILES string of the molecule is COc1cc(C(=O)NNC(=S)Nc2cccc(Cl)c2)ccc1OCC(N)=O. The zero-order valence-corrected chi connectivity index (χ0v) is 15.8. The molecule has 0 atom stereocenters. The Morgan fingerprint density at radius 2 is 1.93 bits per heavy atom. The van der Waals surface area contributed by atoms with Gasteiger partial charge in [0.25, 0.3) is 11.8 Å². The van der Waals surface area contributed by atoms with Gasteiger partial charge in [0.1, 0.15) is 0 Å². The highest BCUT2D eigenvalue weighted by atomic mass is 35.5. The van der Waals surface area contributed by atoms with Gasteiger partial charge in [-0.25, -0.2) is 0 Å². The van der Waals surface area contributed by atoms with Gasteiger partial charge in [-0.2, -0.15) is 0 Å². The van der Waals surface area contributed by atoms with E-state index in [0.717, 1.165) is 0 Å². The molecule has 2 aromatic rings. The fraction of sp³-hybridized carbons (Fsp3) is 0.118. The zero-order valence-electron chi connectivity index (χ0n) is 14.2. The summed E-state index contributed by atoms with van der Waals surface area (Å²) in [5.74, 6) is -0.503. The number of hydrogen-bond donors (Lipinski definition) is 4. The minimum absolute atomic E-state index is 0.180. The average molecular weight is 409 g/mol. The first kappa shape index (κ1) is 20.3. The molecule has 5 N–H and O–H groups in total. The summed E-state index contributed by atoms with van der Waals surface area (Å²) in [5, 5.41) is 3.61. The Morgan fingerprint density at radius 3 is 2.59 bits per heavy atom. The number of hydrogen-bond acceptors (Lipinski definition) is 5. The van der Waals surface area contributed by atoms with Gasteiger partial charge in [0.15, 0.2) is 23.2 Å². The third-order valence-corrected chi connectivity index (χ3v) is 3.61. The molecule has 0 fully saturated rings. The lowest BCUT2D eigenvalue weighted by molar-refractivity contribution is -0.119. The zero-order chi connectivity index (χ0) is 19.8. The quantitative estimate of drug-likeness (QED) is 0.426. The normalized spacial score (nSPS) is 9.85. The molecule has 2 rings (SSSR count). The smallest absolute Gasteiger partial charge is 0.269 e. The Bertz CT molecular complexity index is 863. The summed E-state index contributed by atoms with van der Waals surface area (Å²) in [4.78, 5) is 23.1. The highest BCUT2D eigenvalue weighted by molar-refractivity contribution is 7.80. The molecule has 0 spiro atoms. The summed E-state index contributed by atoms with van der Waals surface area (Å²) in [6.07, 6.45) is 0. The van der Waals surface area contributed by atoms with Gasteiger partial charge in [0.05, 0.1) is 7.11 Å². The number of nitrogens with one attached hydrogen (secondary N) is 3. The van der Waals surface area contributed by atoms with E-state index in [2.05, 4.69) is 16.2 Å². The topological polar surface area (TPSA) is 115 Å². The summed E-state index contributed by atoms with van der Waals surface area (Å²) < 4.78 is 10.4. The standard InChI is InChI=1S/C17H17ClN4O4S/c1-25-14-7-10(5-6-13(14)26-9-15(19)23)16(24)21-22-17(27)20-12-4-2-3-11(18)8-12/h2-8H,9H2,1H3,(H2,19,23)(H,21,24)(H2,20,22,27). The molecule has 0 aliphatic rings. The lowest BCUT2D eigenvalue weighted by Gasteiger charge is -2.13. The number of carbonyl (C=O) groups is 2. The summed E-state index contributed by atoms with van der Waals surface area (Å²) in [5.41, 5.74) is 11.0. The number of anilines is 1. The fourth-order valence-corrected chi connectivity index (χ4v) is 2.35. The second kappa shape index (κ2) is 9.60. The van der Waals surface area contributed by atoms with Crippen LogP contribution in [0, 0.1) is 0 Å². The van der Waals surface area contributed by atoms with Crippen molar-refractivity contribution in [3.05, 3.63) is 53.1 Å². The third kappa shape index (κ3) is 6.32. The van der Waals surface area contributed by atoms with Crippen molar-refractivity contribution in [2.45, 2.75) is 0 Å².